The van der Waals surface area contributed by atoms with E-state index >= 15 is 0 Å². The van der Waals surface area contributed by atoms with E-state index in [2.05, 4.69) is 150 Å². The molecule has 3 aromatic heterocycles. The predicted molar refractivity (Wildman–Crippen MR) is 217 cm³/mol. The lowest BCUT2D eigenvalue weighted by molar-refractivity contribution is 0.631. The van der Waals surface area contributed by atoms with Crippen LogP contribution < -0.4 is 4.90 Å². The number of rotatable bonds is 4. The van der Waals surface area contributed by atoms with Gasteiger partial charge >= 0.3 is 0 Å². The van der Waals surface area contributed by atoms with Crippen LogP contribution in [0.3, 0.4) is 0 Å². The first kappa shape index (κ1) is 28.0. The third kappa shape index (κ3) is 4.39. The molecule has 3 heterocycles. The van der Waals surface area contributed by atoms with E-state index in [0.717, 1.165) is 39.4 Å². The number of thiophene rings is 2. The van der Waals surface area contributed by atoms with Crippen molar-refractivity contribution in [2.24, 2.45) is 0 Å². The minimum absolute atomic E-state index is 0.875. The van der Waals surface area contributed by atoms with E-state index in [1.54, 1.807) is 0 Å². The van der Waals surface area contributed by atoms with E-state index in [4.69, 9.17) is 4.42 Å². The molecule has 0 aliphatic carbocycles. The second kappa shape index (κ2) is 10.8. The Morgan fingerprint density at radius 3 is 1.50 bits per heavy atom. The summed E-state index contributed by atoms with van der Waals surface area (Å²) in [5.41, 5.74) is 5.30. The van der Waals surface area contributed by atoms with Crippen molar-refractivity contribution in [2.45, 2.75) is 0 Å². The highest BCUT2D eigenvalue weighted by Crippen LogP contribution is 2.43. The van der Waals surface area contributed by atoms with Gasteiger partial charge < -0.3 is 9.32 Å². The fourth-order valence-corrected chi connectivity index (χ4v) is 9.81. The average molecular weight is 674 g/mol. The summed E-state index contributed by atoms with van der Waals surface area (Å²) in [5, 5.41) is 11.4. The first-order valence-electron chi connectivity index (χ1n) is 16.8. The lowest BCUT2D eigenvalue weighted by Gasteiger charge is -2.26. The van der Waals surface area contributed by atoms with Crippen molar-refractivity contribution in [3.05, 3.63) is 164 Å². The Hall–Kier alpha value is -5.94. The van der Waals surface area contributed by atoms with E-state index in [9.17, 15) is 0 Å². The molecule has 0 unspecified atom stereocenters. The van der Waals surface area contributed by atoms with Gasteiger partial charge in [0, 0.05) is 68.4 Å². The fraction of sp³-hybridized carbons (Fsp3) is 0. The molecule has 4 heteroatoms. The van der Waals surface area contributed by atoms with Crippen LogP contribution in [-0.4, -0.2) is 0 Å². The van der Waals surface area contributed by atoms with Gasteiger partial charge in [0.15, 0.2) is 0 Å². The molecule has 0 aliphatic rings. The van der Waals surface area contributed by atoms with Crippen molar-refractivity contribution in [2.75, 3.05) is 4.90 Å². The van der Waals surface area contributed by atoms with Crippen molar-refractivity contribution in [3.8, 4) is 11.3 Å². The smallest absolute Gasteiger partial charge is 0.135 e. The van der Waals surface area contributed by atoms with E-state index in [1.165, 1.54) is 61.9 Å². The molecule has 0 bridgehead atoms. The van der Waals surface area contributed by atoms with E-state index in [0.29, 0.717) is 0 Å². The Balaban J connectivity index is 1.08. The molecule has 8 aromatic carbocycles. The van der Waals surface area contributed by atoms with Crippen molar-refractivity contribution in [3.63, 3.8) is 0 Å². The molecule has 50 heavy (non-hydrogen) atoms. The Kier molecular flexibility index (Phi) is 6.03. The zero-order valence-corrected chi connectivity index (χ0v) is 28.4. The zero-order chi connectivity index (χ0) is 32.8. The molecule has 11 aromatic rings. The number of nitrogens with zero attached hydrogens (tertiary/aromatic N) is 1. The standard InChI is InChI=1S/C46H27NOS2/c1-4-10-41-31(7-1)25-42(48-41)28-13-17-34(18-14-28)47(35-19-15-29-23-39-37-8-2-5-11-43(37)49-45(39)26-32(29)21-35)36-20-16-30-24-40-38-9-3-6-12-44(38)50-46(40)27-33(30)22-36/h1-27H. The molecule has 0 fully saturated rings. The van der Waals surface area contributed by atoms with Crippen LogP contribution in [0.1, 0.15) is 0 Å². The van der Waals surface area contributed by atoms with E-state index < -0.39 is 0 Å². The predicted octanol–water partition coefficient (Wildman–Crippen LogP) is 14.6. The number of para-hydroxylation sites is 1. The summed E-state index contributed by atoms with van der Waals surface area (Å²) in [6.45, 7) is 0. The second-order valence-corrected chi connectivity index (χ2v) is 15.2. The lowest BCUT2D eigenvalue weighted by atomic mass is 10.0. The van der Waals surface area contributed by atoms with Crippen LogP contribution in [0.15, 0.2) is 168 Å². The Bertz CT molecular complexity index is 2920. The summed E-state index contributed by atoms with van der Waals surface area (Å²) >= 11 is 3.73. The zero-order valence-electron chi connectivity index (χ0n) is 26.8. The third-order valence-electron chi connectivity index (χ3n) is 9.99. The van der Waals surface area contributed by atoms with E-state index in [-0.39, 0.29) is 0 Å². The minimum Gasteiger partial charge on any atom is -0.456 e. The molecule has 0 aliphatic heterocycles. The first-order chi connectivity index (χ1) is 24.7. The summed E-state index contributed by atoms with van der Waals surface area (Å²) < 4.78 is 11.5. The minimum atomic E-state index is 0.875. The number of benzene rings is 8. The molecule has 0 radical (unpaired) electrons. The normalized spacial score (nSPS) is 12.0. The maximum Gasteiger partial charge on any atom is 0.135 e. The largest absolute Gasteiger partial charge is 0.456 e. The van der Waals surface area contributed by atoms with Gasteiger partial charge in [-0.25, -0.2) is 0 Å². The van der Waals surface area contributed by atoms with Crippen LogP contribution in [0.4, 0.5) is 17.1 Å². The van der Waals surface area contributed by atoms with E-state index in [1.807, 2.05) is 40.9 Å². The SMILES string of the molecule is c1ccc2oc(-c3ccc(N(c4ccc5cc6c(cc5c4)sc4ccccc46)c4ccc5cc6c(cc5c4)sc4ccccc46)cc3)cc2c1. The molecular formula is C46H27NOS2. The number of hydrogen-bond donors (Lipinski definition) is 0. The number of furan rings is 1. The number of fused-ring (bicyclic) bond motifs is 9. The Morgan fingerprint density at radius 2 is 0.900 bits per heavy atom. The summed E-state index contributed by atoms with van der Waals surface area (Å²) in [7, 11) is 0. The Labute approximate surface area is 295 Å². The molecule has 234 valence electrons. The molecule has 0 saturated carbocycles. The molecule has 0 amide bonds. The van der Waals surface area contributed by atoms with Crippen LogP contribution in [-0.2, 0) is 0 Å². The van der Waals surface area contributed by atoms with Gasteiger partial charge in [-0.2, -0.15) is 0 Å². The monoisotopic (exact) mass is 673 g/mol. The van der Waals surface area contributed by atoms with Gasteiger partial charge in [-0.05, 0) is 119 Å². The van der Waals surface area contributed by atoms with Crippen molar-refractivity contribution >= 4 is 113 Å². The van der Waals surface area contributed by atoms with Gasteiger partial charge in [0.25, 0.3) is 0 Å². The van der Waals surface area contributed by atoms with Gasteiger partial charge in [-0.1, -0.05) is 66.7 Å². The summed E-state index contributed by atoms with van der Waals surface area (Å²) in [5.74, 6) is 0.875. The van der Waals surface area contributed by atoms with Crippen molar-refractivity contribution < 1.29 is 4.42 Å². The molecular weight excluding hydrogens is 647 g/mol. The second-order valence-electron chi connectivity index (χ2n) is 13.0. The highest BCUT2D eigenvalue weighted by Gasteiger charge is 2.17. The molecule has 0 N–H and O–H groups in total. The number of anilines is 3. The van der Waals surface area contributed by atoms with Gasteiger partial charge in [-0.15, -0.1) is 22.7 Å². The highest BCUT2D eigenvalue weighted by molar-refractivity contribution is 7.26. The van der Waals surface area contributed by atoms with Crippen molar-refractivity contribution in [1.82, 2.24) is 0 Å². The van der Waals surface area contributed by atoms with Crippen LogP contribution in [0.2, 0.25) is 0 Å². The van der Waals surface area contributed by atoms with Crippen molar-refractivity contribution in [1.29, 1.82) is 0 Å². The van der Waals surface area contributed by atoms with Crippen LogP contribution in [0.25, 0.3) is 84.2 Å². The van der Waals surface area contributed by atoms with Gasteiger partial charge in [-0.3, -0.25) is 0 Å². The van der Waals surface area contributed by atoms with Gasteiger partial charge in [0.1, 0.15) is 11.3 Å². The average Bonchev–Trinajstić information content (AvgIpc) is 3.86. The molecule has 2 nitrogen and oxygen atoms in total. The summed E-state index contributed by atoms with van der Waals surface area (Å²) in [6, 6.07) is 59.7. The third-order valence-corrected chi connectivity index (χ3v) is 12.3. The molecule has 0 atom stereocenters. The molecule has 11 rings (SSSR count). The van der Waals surface area contributed by atoms with Crippen LogP contribution in [0, 0.1) is 0 Å². The van der Waals surface area contributed by atoms with Crippen LogP contribution >= 0.6 is 22.7 Å². The topological polar surface area (TPSA) is 16.4 Å². The maximum absolute atomic E-state index is 6.22. The molecule has 0 spiro atoms. The quantitative estimate of drug-likeness (QED) is 0.185. The highest BCUT2D eigenvalue weighted by atomic mass is 32.1. The molecule has 0 saturated heterocycles. The summed E-state index contributed by atoms with van der Waals surface area (Å²) in [6.07, 6.45) is 0. The lowest BCUT2D eigenvalue weighted by Crippen LogP contribution is -2.09. The summed E-state index contributed by atoms with van der Waals surface area (Å²) in [4.78, 5) is 2.38. The Morgan fingerprint density at radius 1 is 0.360 bits per heavy atom. The van der Waals surface area contributed by atoms with Gasteiger partial charge in [0.05, 0.1) is 0 Å². The maximum atomic E-state index is 6.22. The fourth-order valence-electron chi connectivity index (χ4n) is 7.54. The number of hydrogen-bond acceptors (Lipinski definition) is 4. The first-order valence-corrected chi connectivity index (χ1v) is 18.4. The van der Waals surface area contributed by atoms with Crippen LogP contribution in [0.5, 0.6) is 0 Å². The van der Waals surface area contributed by atoms with Gasteiger partial charge in [0.2, 0.25) is 0 Å².